The zero-order valence-corrected chi connectivity index (χ0v) is 13.6. The molecule has 0 radical (unpaired) electrons. The summed E-state index contributed by atoms with van der Waals surface area (Å²) < 4.78 is 11.6. The van der Waals surface area contributed by atoms with Crippen LogP contribution in [0.3, 0.4) is 0 Å². The van der Waals surface area contributed by atoms with E-state index in [-0.39, 0.29) is 6.10 Å². The van der Waals surface area contributed by atoms with Gasteiger partial charge in [-0.05, 0) is 25.0 Å². The standard InChI is InChI=1S/C16H22N6O2/c1-3-12(4-1)16-21-20-15(24-16)11-22-7-8-23-13(10-22)9-17-14-5-2-6-18-19-14/h2,5-6,12-13H,1,3-4,7-11H2,(H,17,19)/t13-/m0/s1. The number of nitrogens with one attached hydrogen (secondary N) is 1. The molecule has 1 N–H and O–H groups in total. The molecule has 128 valence electrons. The number of ether oxygens (including phenoxy) is 1. The van der Waals surface area contributed by atoms with Gasteiger partial charge < -0.3 is 14.5 Å². The molecule has 4 rings (SSSR count). The Kier molecular flexibility index (Phi) is 4.66. The number of nitrogens with zero attached hydrogens (tertiary/aromatic N) is 5. The molecule has 0 amide bonds. The number of rotatable bonds is 6. The first-order chi connectivity index (χ1) is 11.9. The quantitative estimate of drug-likeness (QED) is 0.851. The highest BCUT2D eigenvalue weighted by Crippen LogP contribution is 2.35. The van der Waals surface area contributed by atoms with Crippen LogP contribution in [0.15, 0.2) is 22.7 Å². The van der Waals surface area contributed by atoms with Gasteiger partial charge in [-0.3, -0.25) is 4.90 Å². The fraction of sp³-hybridized carbons (Fsp3) is 0.625. The van der Waals surface area contributed by atoms with Crippen molar-refractivity contribution >= 4 is 5.82 Å². The van der Waals surface area contributed by atoms with Gasteiger partial charge in [0.2, 0.25) is 11.8 Å². The van der Waals surface area contributed by atoms with E-state index in [1.165, 1.54) is 19.3 Å². The van der Waals surface area contributed by atoms with Gasteiger partial charge in [-0.1, -0.05) is 6.42 Å². The number of hydrogen-bond acceptors (Lipinski definition) is 8. The van der Waals surface area contributed by atoms with Crippen LogP contribution in [0.5, 0.6) is 0 Å². The van der Waals surface area contributed by atoms with Crippen molar-refractivity contribution in [2.45, 2.75) is 37.8 Å². The maximum absolute atomic E-state index is 5.82. The van der Waals surface area contributed by atoms with Crippen LogP contribution in [0.4, 0.5) is 5.82 Å². The third-order valence-corrected chi connectivity index (χ3v) is 4.60. The van der Waals surface area contributed by atoms with Gasteiger partial charge in [0.1, 0.15) is 5.82 Å². The highest BCUT2D eigenvalue weighted by atomic mass is 16.5. The molecule has 0 spiro atoms. The summed E-state index contributed by atoms with van der Waals surface area (Å²) in [5.74, 6) is 2.77. The van der Waals surface area contributed by atoms with Crippen molar-refractivity contribution in [1.29, 1.82) is 0 Å². The largest absolute Gasteiger partial charge is 0.424 e. The van der Waals surface area contributed by atoms with Crippen molar-refractivity contribution in [2.24, 2.45) is 0 Å². The summed E-state index contributed by atoms with van der Waals surface area (Å²) >= 11 is 0. The number of hydrogen-bond donors (Lipinski definition) is 1. The molecule has 3 heterocycles. The Morgan fingerprint density at radius 2 is 2.21 bits per heavy atom. The lowest BCUT2D eigenvalue weighted by atomic mass is 9.85. The number of aromatic nitrogens is 4. The zero-order chi connectivity index (χ0) is 16.2. The summed E-state index contributed by atoms with van der Waals surface area (Å²) in [6.45, 7) is 3.80. The molecule has 2 aliphatic rings. The fourth-order valence-electron chi connectivity index (χ4n) is 3.00. The van der Waals surface area contributed by atoms with Crippen molar-refractivity contribution in [3.8, 4) is 0 Å². The Morgan fingerprint density at radius 3 is 3.00 bits per heavy atom. The molecule has 8 nitrogen and oxygen atoms in total. The van der Waals surface area contributed by atoms with Crippen LogP contribution in [0, 0.1) is 0 Å². The van der Waals surface area contributed by atoms with E-state index >= 15 is 0 Å². The SMILES string of the molecule is c1cnnc(NC[C@H]2CN(Cc3nnc(C4CCC4)o3)CCO2)c1. The second-order valence-corrected chi connectivity index (χ2v) is 6.38. The van der Waals surface area contributed by atoms with Gasteiger partial charge in [0.25, 0.3) is 0 Å². The maximum Gasteiger partial charge on any atom is 0.230 e. The van der Waals surface area contributed by atoms with Gasteiger partial charge in [0, 0.05) is 31.7 Å². The summed E-state index contributed by atoms with van der Waals surface area (Å²) in [5, 5.41) is 19.5. The average Bonchev–Trinajstić information content (AvgIpc) is 3.00. The third-order valence-electron chi connectivity index (χ3n) is 4.60. The second kappa shape index (κ2) is 7.23. The van der Waals surface area contributed by atoms with Crippen molar-refractivity contribution < 1.29 is 9.15 Å². The highest BCUT2D eigenvalue weighted by molar-refractivity contribution is 5.31. The van der Waals surface area contributed by atoms with E-state index in [2.05, 4.69) is 30.6 Å². The van der Waals surface area contributed by atoms with Gasteiger partial charge in [-0.25, -0.2) is 0 Å². The zero-order valence-electron chi connectivity index (χ0n) is 13.6. The van der Waals surface area contributed by atoms with Crippen LogP contribution >= 0.6 is 0 Å². The summed E-state index contributed by atoms with van der Waals surface area (Å²) in [5.41, 5.74) is 0. The lowest BCUT2D eigenvalue weighted by Gasteiger charge is -2.32. The molecule has 0 unspecified atom stereocenters. The minimum atomic E-state index is 0.106. The van der Waals surface area contributed by atoms with Crippen LogP contribution in [0.2, 0.25) is 0 Å². The molecule has 1 aliphatic carbocycles. The van der Waals surface area contributed by atoms with Crippen LogP contribution in [-0.2, 0) is 11.3 Å². The summed E-state index contributed by atoms with van der Waals surface area (Å²) in [6, 6.07) is 3.76. The van der Waals surface area contributed by atoms with Gasteiger partial charge >= 0.3 is 0 Å². The molecule has 2 aromatic rings. The minimum absolute atomic E-state index is 0.106. The molecule has 2 aromatic heterocycles. The lowest BCUT2D eigenvalue weighted by Crippen LogP contribution is -2.44. The Balaban J connectivity index is 1.27. The van der Waals surface area contributed by atoms with Gasteiger partial charge in [0.15, 0.2) is 0 Å². The molecule has 0 aromatic carbocycles. The first-order valence-electron chi connectivity index (χ1n) is 8.54. The molecule has 1 aliphatic heterocycles. The Hall–Kier alpha value is -2.06. The summed E-state index contributed by atoms with van der Waals surface area (Å²) in [7, 11) is 0. The Bertz CT molecular complexity index is 645. The average molecular weight is 330 g/mol. The van der Waals surface area contributed by atoms with Crippen molar-refractivity contribution in [1.82, 2.24) is 25.3 Å². The van der Waals surface area contributed by atoms with Gasteiger partial charge in [-0.2, -0.15) is 5.10 Å². The summed E-state index contributed by atoms with van der Waals surface area (Å²) in [6.07, 6.45) is 5.39. The molecule has 1 atom stereocenters. The van der Waals surface area contributed by atoms with E-state index in [9.17, 15) is 0 Å². The number of anilines is 1. The first-order valence-corrected chi connectivity index (χ1v) is 8.54. The molecular formula is C16H22N6O2. The molecular weight excluding hydrogens is 308 g/mol. The second-order valence-electron chi connectivity index (χ2n) is 6.38. The van der Waals surface area contributed by atoms with Crippen molar-refractivity contribution in [3.63, 3.8) is 0 Å². The highest BCUT2D eigenvalue weighted by Gasteiger charge is 2.26. The molecule has 2 fully saturated rings. The van der Waals surface area contributed by atoms with E-state index in [0.717, 1.165) is 24.8 Å². The van der Waals surface area contributed by atoms with Crippen LogP contribution in [0.1, 0.15) is 37.0 Å². The third kappa shape index (κ3) is 3.70. The molecule has 8 heteroatoms. The molecule has 0 bridgehead atoms. The van der Waals surface area contributed by atoms with Crippen LogP contribution in [-0.4, -0.2) is 57.6 Å². The minimum Gasteiger partial charge on any atom is -0.424 e. The van der Waals surface area contributed by atoms with Gasteiger partial charge in [0.05, 0.1) is 19.3 Å². The van der Waals surface area contributed by atoms with E-state index < -0.39 is 0 Å². The molecule has 1 saturated heterocycles. The topological polar surface area (TPSA) is 89.2 Å². The van der Waals surface area contributed by atoms with Gasteiger partial charge in [-0.15, -0.1) is 15.3 Å². The smallest absolute Gasteiger partial charge is 0.230 e. The molecule has 1 saturated carbocycles. The molecule has 24 heavy (non-hydrogen) atoms. The predicted octanol–water partition coefficient (Wildman–Crippen LogP) is 1.44. The van der Waals surface area contributed by atoms with Crippen molar-refractivity contribution in [2.75, 3.05) is 31.6 Å². The van der Waals surface area contributed by atoms with E-state index in [4.69, 9.17) is 9.15 Å². The Labute approximate surface area is 140 Å². The first kappa shape index (κ1) is 15.5. The predicted molar refractivity (Wildman–Crippen MR) is 86.4 cm³/mol. The summed E-state index contributed by atoms with van der Waals surface area (Å²) in [4.78, 5) is 2.30. The normalized spacial score (nSPS) is 22.2. The number of morpholine rings is 1. The monoisotopic (exact) mass is 330 g/mol. The fourth-order valence-corrected chi connectivity index (χ4v) is 3.00. The Morgan fingerprint density at radius 1 is 1.25 bits per heavy atom. The lowest BCUT2D eigenvalue weighted by molar-refractivity contribution is -0.0265. The van der Waals surface area contributed by atoms with Crippen LogP contribution < -0.4 is 5.32 Å². The van der Waals surface area contributed by atoms with E-state index in [0.29, 0.717) is 31.5 Å². The maximum atomic E-state index is 5.82. The van der Waals surface area contributed by atoms with E-state index in [1.807, 2.05) is 12.1 Å². The van der Waals surface area contributed by atoms with E-state index in [1.54, 1.807) is 6.20 Å². The van der Waals surface area contributed by atoms with Crippen molar-refractivity contribution in [3.05, 3.63) is 30.1 Å². The van der Waals surface area contributed by atoms with Crippen LogP contribution in [0.25, 0.3) is 0 Å².